The lowest BCUT2D eigenvalue weighted by Crippen LogP contribution is -2.15. The van der Waals surface area contributed by atoms with E-state index < -0.39 is 0 Å². The van der Waals surface area contributed by atoms with Crippen LogP contribution >= 0.6 is 22.6 Å². The minimum atomic E-state index is -0.188. The van der Waals surface area contributed by atoms with E-state index in [4.69, 9.17) is 5.84 Å². The predicted octanol–water partition coefficient (Wildman–Crippen LogP) is 2.84. The number of aryl methyl sites for hydroxylation is 2. The van der Waals surface area contributed by atoms with Gasteiger partial charge >= 0.3 is 0 Å². The maximum Gasteiger partial charge on any atom is 0.255 e. The Hall–Kier alpha value is -1.67. The molecular weight excluding hydrogens is 367 g/mol. The number of hydrazine groups is 1. The van der Waals surface area contributed by atoms with Crippen molar-refractivity contribution in [2.24, 2.45) is 5.84 Å². The molecule has 0 saturated heterocycles. The number of rotatable bonds is 3. The molecule has 4 N–H and O–H groups in total. The highest BCUT2D eigenvalue weighted by Crippen LogP contribution is 2.18. The Morgan fingerprint density at radius 2 is 2.00 bits per heavy atom. The first-order valence-corrected chi connectivity index (χ1v) is 7.10. The van der Waals surface area contributed by atoms with Gasteiger partial charge in [0.1, 0.15) is 5.82 Å². The van der Waals surface area contributed by atoms with E-state index >= 15 is 0 Å². The minimum Gasteiger partial charge on any atom is -0.322 e. The number of nitrogen functional groups attached to an aromatic ring is 1. The lowest BCUT2D eigenvalue weighted by molar-refractivity contribution is 0.102. The van der Waals surface area contributed by atoms with Gasteiger partial charge in [0.05, 0.1) is 0 Å². The van der Waals surface area contributed by atoms with E-state index in [-0.39, 0.29) is 5.91 Å². The second-order valence-corrected chi connectivity index (χ2v) is 5.61. The van der Waals surface area contributed by atoms with Crippen molar-refractivity contribution in [1.29, 1.82) is 0 Å². The molecule has 6 heteroatoms. The molecule has 5 nitrogen and oxygen atoms in total. The number of nitrogens with one attached hydrogen (secondary N) is 2. The number of carbonyl (C=O) groups is 1. The number of halogens is 1. The number of carbonyl (C=O) groups excluding carboxylic acids is 1. The van der Waals surface area contributed by atoms with Gasteiger partial charge in [-0.3, -0.25) is 4.79 Å². The van der Waals surface area contributed by atoms with Gasteiger partial charge in [-0.25, -0.2) is 10.8 Å². The molecule has 0 aliphatic carbocycles. The number of aromatic nitrogens is 1. The molecule has 0 spiro atoms. The Bertz CT molecular complexity index is 658. The fraction of sp³-hybridized carbons (Fsp3) is 0.143. The number of hydrogen-bond donors (Lipinski definition) is 3. The molecule has 0 bridgehead atoms. The molecule has 20 heavy (non-hydrogen) atoms. The van der Waals surface area contributed by atoms with Crippen LogP contribution in [0.2, 0.25) is 0 Å². The largest absolute Gasteiger partial charge is 0.322 e. The average Bonchev–Trinajstić information content (AvgIpc) is 2.42. The van der Waals surface area contributed by atoms with Crippen molar-refractivity contribution in [2.75, 3.05) is 10.7 Å². The van der Waals surface area contributed by atoms with E-state index in [0.29, 0.717) is 11.4 Å². The van der Waals surface area contributed by atoms with Crippen LogP contribution in [-0.4, -0.2) is 10.9 Å². The van der Waals surface area contributed by atoms with Gasteiger partial charge in [0.25, 0.3) is 5.91 Å². The summed E-state index contributed by atoms with van der Waals surface area (Å²) in [7, 11) is 0. The zero-order valence-electron chi connectivity index (χ0n) is 11.2. The van der Waals surface area contributed by atoms with Gasteiger partial charge in [-0.15, -0.1) is 0 Å². The van der Waals surface area contributed by atoms with Crippen molar-refractivity contribution < 1.29 is 4.79 Å². The van der Waals surface area contributed by atoms with E-state index in [2.05, 4.69) is 38.3 Å². The van der Waals surface area contributed by atoms with Gasteiger partial charge in [0.15, 0.2) is 0 Å². The summed E-state index contributed by atoms with van der Waals surface area (Å²) in [6.45, 7) is 3.84. The molecular formula is C14H15IN4O. The molecule has 1 aromatic carbocycles. The van der Waals surface area contributed by atoms with Crippen molar-refractivity contribution in [3.05, 3.63) is 50.7 Å². The monoisotopic (exact) mass is 382 g/mol. The van der Waals surface area contributed by atoms with Crippen LogP contribution in [0.1, 0.15) is 21.6 Å². The van der Waals surface area contributed by atoms with Crippen molar-refractivity contribution in [3.63, 3.8) is 0 Å². The molecule has 1 amide bonds. The Balaban J connectivity index is 2.23. The Kier molecular flexibility index (Phi) is 4.56. The highest BCUT2D eigenvalue weighted by atomic mass is 127. The van der Waals surface area contributed by atoms with E-state index in [9.17, 15) is 4.79 Å². The summed E-state index contributed by atoms with van der Waals surface area (Å²) in [5.74, 6) is 5.61. The third kappa shape index (κ3) is 3.45. The van der Waals surface area contributed by atoms with Crippen LogP contribution in [-0.2, 0) is 0 Å². The molecule has 0 radical (unpaired) electrons. The maximum absolute atomic E-state index is 12.2. The van der Waals surface area contributed by atoms with Crippen LogP contribution in [0.5, 0.6) is 0 Å². The number of nitrogens with two attached hydrogens (primary N) is 1. The topological polar surface area (TPSA) is 80.0 Å². The molecule has 0 saturated carbocycles. The van der Waals surface area contributed by atoms with Crippen LogP contribution in [0.15, 0.2) is 30.3 Å². The molecule has 0 aliphatic heterocycles. The minimum absolute atomic E-state index is 0.188. The number of hydrogen-bond acceptors (Lipinski definition) is 4. The summed E-state index contributed by atoms with van der Waals surface area (Å²) in [5.41, 5.74) is 5.64. The second-order valence-electron chi connectivity index (χ2n) is 4.44. The Morgan fingerprint density at radius 3 is 2.65 bits per heavy atom. The summed E-state index contributed by atoms with van der Waals surface area (Å²) < 4.78 is 1.11. The van der Waals surface area contributed by atoms with Crippen molar-refractivity contribution in [1.82, 2.24) is 4.98 Å². The Labute approximate surface area is 131 Å². The van der Waals surface area contributed by atoms with Gasteiger partial charge in [-0.05, 0) is 66.3 Å². The van der Waals surface area contributed by atoms with E-state index in [0.717, 1.165) is 15.0 Å². The fourth-order valence-corrected chi connectivity index (χ4v) is 2.26. The smallest absolute Gasteiger partial charge is 0.255 e. The van der Waals surface area contributed by atoms with Crippen molar-refractivity contribution >= 4 is 40.0 Å². The summed E-state index contributed by atoms with van der Waals surface area (Å²) in [5, 5.41) is 2.86. The van der Waals surface area contributed by atoms with E-state index in [1.807, 2.05) is 32.0 Å². The van der Waals surface area contributed by atoms with Crippen LogP contribution in [0.25, 0.3) is 0 Å². The quantitative estimate of drug-likeness (QED) is 0.433. The first-order chi connectivity index (χ1) is 9.49. The van der Waals surface area contributed by atoms with Gasteiger partial charge in [0, 0.05) is 20.5 Å². The zero-order valence-corrected chi connectivity index (χ0v) is 13.4. The summed E-state index contributed by atoms with van der Waals surface area (Å²) >= 11 is 2.24. The number of amides is 1. The van der Waals surface area contributed by atoms with E-state index in [1.54, 1.807) is 12.1 Å². The molecule has 1 heterocycles. The van der Waals surface area contributed by atoms with Crippen molar-refractivity contribution in [3.8, 4) is 0 Å². The summed E-state index contributed by atoms with van der Waals surface area (Å²) in [4.78, 5) is 16.4. The van der Waals surface area contributed by atoms with Crippen LogP contribution in [0, 0.1) is 17.4 Å². The highest BCUT2D eigenvalue weighted by Gasteiger charge is 2.09. The van der Waals surface area contributed by atoms with Crippen molar-refractivity contribution in [2.45, 2.75) is 13.8 Å². The fourth-order valence-electron chi connectivity index (χ4n) is 1.75. The highest BCUT2D eigenvalue weighted by molar-refractivity contribution is 14.1. The van der Waals surface area contributed by atoms with Crippen LogP contribution < -0.4 is 16.6 Å². The molecule has 0 unspecified atom stereocenters. The molecule has 0 aliphatic rings. The molecule has 1 aromatic heterocycles. The summed E-state index contributed by atoms with van der Waals surface area (Å²) in [6, 6.07) is 9.12. The maximum atomic E-state index is 12.2. The van der Waals surface area contributed by atoms with Gasteiger partial charge in [-0.1, -0.05) is 6.07 Å². The van der Waals surface area contributed by atoms with Gasteiger partial charge in [0.2, 0.25) is 0 Å². The number of pyridine rings is 1. The van der Waals surface area contributed by atoms with Gasteiger partial charge < -0.3 is 10.7 Å². The third-order valence-corrected chi connectivity index (χ3v) is 3.96. The van der Waals surface area contributed by atoms with E-state index in [1.165, 1.54) is 5.56 Å². The SMILES string of the molecule is Cc1cc(C(=O)Nc2ccc(C)c(I)c2)cc(NN)n1. The lowest BCUT2D eigenvalue weighted by atomic mass is 10.2. The number of anilines is 2. The second kappa shape index (κ2) is 6.19. The predicted molar refractivity (Wildman–Crippen MR) is 88.6 cm³/mol. The lowest BCUT2D eigenvalue weighted by Gasteiger charge is -2.09. The third-order valence-electron chi connectivity index (χ3n) is 2.79. The molecule has 104 valence electrons. The normalized spacial score (nSPS) is 10.2. The first kappa shape index (κ1) is 14.7. The number of benzene rings is 1. The molecule has 0 fully saturated rings. The Morgan fingerprint density at radius 1 is 1.25 bits per heavy atom. The zero-order chi connectivity index (χ0) is 14.7. The van der Waals surface area contributed by atoms with Gasteiger partial charge in [-0.2, -0.15) is 0 Å². The molecule has 2 rings (SSSR count). The van der Waals surface area contributed by atoms with Crippen LogP contribution in [0.3, 0.4) is 0 Å². The average molecular weight is 382 g/mol. The summed E-state index contributed by atoms with van der Waals surface area (Å²) in [6.07, 6.45) is 0. The number of nitrogens with zero attached hydrogens (tertiary/aromatic N) is 1. The molecule has 2 aromatic rings. The first-order valence-electron chi connectivity index (χ1n) is 6.02. The molecule has 0 atom stereocenters. The standard InChI is InChI=1S/C14H15IN4O/c1-8-3-4-11(7-12(8)15)18-14(20)10-5-9(2)17-13(6-10)19-16/h3-7H,16H2,1-2H3,(H,17,19)(H,18,20). The van der Waals surface area contributed by atoms with Crippen LogP contribution in [0.4, 0.5) is 11.5 Å².